The van der Waals surface area contributed by atoms with Crippen molar-refractivity contribution >= 4 is 17.4 Å². The summed E-state index contributed by atoms with van der Waals surface area (Å²) in [5.41, 5.74) is 0.873. The fourth-order valence-corrected chi connectivity index (χ4v) is 3.50. The zero-order chi connectivity index (χ0) is 16.5. The molecule has 0 radical (unpaired) electrons. The summed E-state index contributed by atoms with van der Waals surface area (Å²) in [6.07, 6.45) is 5.64. The molecule has 24 heavy (non-hydrogen) atoms. The van der Waals surface area contributed by atoms with Crippen molar-refractivity contribution in [2.75, 3.05) is 0 Å². The largest absolute Gasteiger partial charge is 0.465 e. The number of hydrogen-bond acceptors (Lipinski definition) is 6. The third kappa shape index (κ3) is 2.62. The summed E-state index contributed by atoms with van der Waals surface area (Å²) in [4.78, 5) is 19.2. The van der Waals surface area contributed by atoms with Gasteiger partial charge in [0.2, 0.25) is 0 Å². The molecule has 122 valence electrons. The van der Waals surface area contributed by atoms with Gasteiger partial charge in [-0.05, 0) is 25.0 Å². The van der Waals surface area contributed by atoms with E-state index in [1.807, 2.05) is 22.1 Å². The lowest BCUT2D eigenvalue weighted by atomic mass is 9.79. The van der Waals surface area contributed by atoms with Crippen LogP contribution in [0.25, 0.3) is 16.5 Å². The number of pyridine rings is 1. The SMILES string of the molecule is O=C(O)NC1CC(c2nnc(-c3nccs3)n2-c2cccnc2)C1. The van der Waals surface area contributed by atoms with Crippen LogP contribution >= 0.6 is 11.3 Å². The molecule has 0 atom stereocenters. The predicted molar refractivity (Wildman–Crippen MR) is 87.2 cm³/mol. The number of carbonyl (C=O) groups is 1. The number of thiazole rings is 1. The van der Waals surface area contributed by atoms with Gasteiger partial charge in [-0.3, -0.25) is 9.55 Å². The van der Waals surface area contributed by atoms with Crippen molar-refractivity contribution < 1.29 is 9.90 Å². The van der Waals surface area contributed by atoms with Gasteiger partial charge in [0.25, 0.3) is 0 Å². The van der Waals surface area contributed by atoms with Gasteiger partial charge in [-0.2, -0.15) is 0 Å². The van der Waals surface area contributed by atoms with Crippen LogP contribution in [0.4, 0.5) is 4.79 Å². The monoisotopic (exact) mass is 342 g/mol. The van der Waals surface area contributed by atoms with Gasteiger partial charge in [0.15, 0.2) is 10.8 Å². The minimum absolute atomic E-state index is 0.0325. The Morgan fingerprint density at radius 3 is 2.88 bits per heavy atom. The molecule has 9 heteroatoms. The maximum Gasteiger partial charge on any atom is 0.404 e. The van der Waals surface area contributed by atoms with Crippen LogP contribution in [0.3, 0.4) is 0 Å². The molecule has 1 fully saturated rings. The molecule has 4 rings (SSSR count). The lowest BCUT2D eigenvalue weighted by Crippen LogP contribution is -2.43. The number of nitrogens with one attached hydrogen (secondary N) is 1. The Hall–Kier alpha value is -2.81. The molecule has 2 N–H and O–H groups in total. The molecular formula is C15H14N6O2S. The minimum atomic E-state index is -0.990. The van der Waals surface area contributed by atoms with Crippen LogP contribution in [-0.2, 0) is 0 Å². The van der Waals surface area contributed by atoms with Crippen LogP contribution in [-0.4, -0.2) is 42.0 Å². The molecule has 0 unspecified atom stereocenters. The number of hydrogen-bond donors (Lipinski definition) is 2. The smallest absolute Gasteiger partial charge is 0.404 e. The van der Waals surface area contributed by atoms with E-state index in [1.165, 1.54) is 11.3 Å². The highest BCUT2D eigenvalue weighted by Gasteiger charge is 2.36. The number of rotatable bonds is 4. The van der Waals surface area contributed by atoms with E-state index in [2.05, 4.69) is 25.5 Å². The average molecular weight is 342 g/mol. The van der Waals surface area contributed by atoms with Crippen molar-refractivity contribution in [3.05, 3.63) is 41.9 Å². The first kappa shape index (κ1) is 14.8. The number of amides is 1. The highest BCUT2D eigenvalue weighted by atomic mass is 32.1. The van der Waals surface area contributed by atoms with E-state index in [0.717, 1.165) is 16.5 Å². The maximum absolute atomic E-state index is 10.7. The van der Waals surface area contributed by atoms with Gasteiger partial charge in [0.1, 0.15) is 5.82 Å². The lowest BCUT2D eigenvalue weighted by Gasteiger charge is -2.34. The Balaban J connectivity index is 1.70. The van der Waals surface area contributed by atoms with Gasteiger partial charge >= 0.3 is 6.09 Å². The van der Waals surface area contributed by atoms with E-state index in [4.69, 9.17) is 5.11 Å². The summed E-state index contributed by atoms with van der Waals surface area (Å²) in [5, 5.41) is 22.7. The standard InChI is InChI=1S/C15H14N6O2S/c22-15(23)18-10-6-9(7-10)12-19-20-13(14-17-4-5-24-14)21(12)11-2-1-3-16-8-11/h1-5,8-10,18H,6-7H2,(H,22,23). The van der Waals surface area contributed by atoms with Gasteiger partial charge < -0.3 is 10.4 Å². The van der Waals surface area contributed by atoms with Crippen LogP contribution in [0.2, 0.25) is 0 Å². The fourth-order valence-electron chi connectivity index (χ4n) is 2.89. The molecule has 0 saturated heterocycles. The normalized spacial score (nSPS) is 19.7. The molecule has 3 aromatic heterocycles. The van der Waals surface area contributed by atoms with Crippen molar-refractivity contribution in [1.82, 2.24) is 30.0 Å². The Morgan fingerprint density at radius 2 is 2.21 bits per heavy atom. The minimum Gasteiger partial charge on any atom is -0.465 e. The Labute approximate surface area is 141 Å². The van der Waals surface area contributed by atoms with E-state index in [0.29, 0.717) is 18.7 Å². The first-order chi connectivity index (χ1) is 11.7. The highest BCUT2D eigenvalue weighted by molar-refractivity contribution is 7.13. The molecule has 1 aliphatic rings. The molecule has 1 amide bonds. The van der Waals surface area contributed by atoms with Crippen molar-refractivity contribution in [2.45, 2.75) is 24.8 Å². The molecular weight excluding hydrogens is 328 g/mol. The first-order valence-electron chi connectivity index (χ1n) is 7.47. The summed E-state index contributed by atoms with van der Waals surface area (Å²) in [5.74, 6) is 1.66. The van der Waals surface area contributed by atoms with Gasteiger partial charge in [-0.25, -0.2) is 9.78 Å². The van der Waals surface area contributed by atoms with E-state index in [9.17, 15) is 4.79 Å². The van der Waals surface area contributed by atoms with E-state index < -0.39 is 6.09 Å². The summed E-state index contributed by atoms with van der Waals surface area (Å²) in [6, 6.07) is 3.78. The van der Waals surface area contributed by atoms with E-state index in [1.54, 1.807) is 18.6 Å². The van der Waals surface area contributed by atoms with Gasteiger partial charge in [0, 0.05) is 29.7 Å². The number of carboxylic acid groups (broad SMARTS) is 1. The molecule has 1 saturated carbocycles. The van der Waals surface area contributed by atoms with Crippen molar-refractivity contribution in [2.24, 2.45) is 0 Å². The quantitative estimate of drug-likeness (QED) is 0.753. The van der Waals surface area contributed by atoms with Crippen molar-refractivity contribution in [1.29, 1.82) is 0 Å². The molecule has 1 aliphatic carbocycles. The Morgan fingerprint density at radius 1 is 1.33 bits per heavy atom. The van der Waals surface area contributed by atoms with E-state index >= 15 is 0 Å². The second kappa shape index (κ2) is 6.00. The third-order valence-corrected chi connectivity index (χ3v) is 4.82. The number of aromatic nitrogens is 5. The van der Waals surface area contributed by atoms with Crippen LogP contribution in [0, 0.1) is 0 Å². The van der Waals surface area contributed by atoms with Gasteiger partial charge in [0.05, 0.1) is 11.9 Å². The van der Waals surface area contributed by atoms with E-state index in [-0.39, 0.29) is 12.0 Å². The Kier molecular flexibility index (Phi) is 3.69. The predicted octanol–water partition coefficient (Wildman–Crippen LogP) is 2.30. The van der Waals surface area contributed by atoms with Crippen LogP contribution in [0.1, 0.15) is 24.6 Å². The van der Waals surface area contributed by atoms with Crippen LogP contribution < -0.4 is 5.32 Å². The molecule has 0 spiro atoms. The molecule has 8 nitrogen and oxygen atoms in total. The molecule has 0 aliphatic heterocycles. The first-order valence-corrected chi connectivity index (χ1v) is 8.35. The Bertz CT molecular complexity index is 842. The summed E-state index contributed by atoms with van der Waals surface area (Å²) >= 11 is 1.50. The summed E-state index contributed by atoms with van der Waals surface area (Å²) in [6.45, 7) is 0. The number of nitrogens with zero attached hydrogens (tertiary/aromatic N) is 5. The third-order valence-electron chi connectivity index (χ3n) is 4.05. The zero-order valence-corrected chi connectivity index (χ0v) is 13.3. The second-order valence-corrected chi connectivity index (χ2v) is 6.48. The maximum atomic E-state index is 10.7. The molecule has 3 heterocycles. The second-order valence-electron chi connectivity index (χ2n) is 5.58. The average Bonchev–Trinajstić information content (AvgIpc) is 3.20. The van der Waals surface area contributed by atoms with Crippen molar-refractivity contribution in [3.63, 3.8) is 0 Å². The lowest BCUT2D eigenvalue weighted by molar-refractivity contribution is 0.176. The molecule has 0 aromatic carbocycles. The highest BCUT2D eigenvalue weighted by Crippen LogP contribution is 2.38. The molecule has 3 aromatic rings. The molecule has 0 bridgehead atoms. The van der Waals surface area contributed by atoms with Crippen molar-refractivity contribution in [3.8, 4) is 16.5 Å². The summed E-state index contributed by atoms with van der Waals surface area (Å²) < 4.78 is 1.97. The van der Waals surface area contributed by atoms with Crippen LogP contribution in [0.15, 0.2) is 36.1 Å². The summed E-state index contributed by atoms with van der Waals surface area (Å²) in [7, 11) is 0. The van der Waals surface area contributed by atoms with Gasteiger partial charge in [-0.15, -0.1) is 21.5 Å². The zero-order valence-electron chi connectivity index (χ0n) is 12.5. The topological polar surface area (TPSA) is 106 Å². The van der Waals surface area contributed by atoms with Gasteiger partial charge in [-0.1, -0.05) is 0 Å². The van der Waals surface area contributed by atoms with Crippen LogP contribution in [0.5, 0.6) is 0 Å². The fraction of sp³-hybridized carbons (Fsp3) is 0.267.